The van der Waals surface area contributed by atoms with Crippen molar-refractivity contribution in [3.05, 3.63) is 191 Å². The van der Waals surface area contributed by atoms with Gasteiger partial charge in [0.05, 0.1) is 16.8 Å². The van der Waals surface area contributed by atoms with Crippen molar-refractivity contribution < 1.29 is 4.74 Å². The maximum absolute atomic E-state index is 6.68. The maximum atomic E-state index is 6.68. The Labute approximate surface area is 275 Å². The Bertz CT molecular complexity index is 2240. The van der Waals surface area contributed by atoms with Gasteiger partial charge in [0.1, 0.15) is 11.5 Å². The Hall–Kier alpha value is -5.80. The Kier molecular flexibility index (Phi) is 6.07. The van der Waals surface area contributed by atoms with Crippen molar-refractivity contribution in [1.82, 2.24) is 10.2 Å². The molecular formula is C44H32N2O. The molecule has 0 N–H and O–H groups in total. The molecule has 0 amide bonds. The number of rotatable bonds is 3. The van der Waals surface area contributed by atoms with Crippen LogP contribution in [0.1, 0.15) is 47.2 Å². The number of aromatic nitrogens is 2. The van der Waals surface area contributed by atoms with Crippen molar-refractivity contribution in [1.29, 1.82) is 0 Å². The van der Waals surface area contributed by atoms with Crippen molar-refractivity contribution in [2.75, 3.05) is 0 Å². The number of hydrogen-bond donors (Lipinski definition) is 0. The number of ether oxygens (including phenoxy) is 1. The third kappa shape index (κ3) is 4.06. The van der Waals surface area contributed by atoms with E-state index in [2.05, 4.69) is 151 Å². The van der Waals surface area contributed by atoms with Gasteiger partial charge in [-0.15, -0.1) is 10.2 Å². The first-order chi connectivity index (χ1) is 23.0. The highest BCUT2D eigenvalue weighted by Crippen LogP contribution is 2.61. The fourth-order valence-electron chi connectivity index (χ4n) is 7.88. The molecule has 0 bridgehead atoms. The van der Waals surface area contributed by atoms with E-state index in [-0.39, 0.29) is 5.41 Å². The molecule has 0 saturated carbocycles. The molecule has 1 aliphatic carbocycles. The molecule has 0 radical (unpaired) electrons. The van der Waals surface area contributed by atoms with Gasteiger partial charge in [-0.3, -0.25) is 0 Å². The van der Waals surface area contributed by atoms with E-state index >= 15 is 0 Å². The number of hydrogen-bond acceptors (Lipinski definition) is 3. The monoisotopic (exact) mass is 604 g/mol. The second-order valence-corrected chi connectivity index (χ2v) is 13.0. The zero-order valence-corrected chi connectivity index (χ0v) is 26.3. The number of nitrogens with zero attached hydrogens (tertiary/aromatic N) is 2. The van der Waals surface area contributed by atoms with Gasteiger partial charge in [0.25, 0.3) is 0 Å². The average molecular weight is 605 g/mol. The molecule has 1 aliphatic heterocycles. The minimum Gasteiger partial charge on any atom is -0.457 e. The van der Waals surface area contributed by atoms with E-state index in [0.29, 0.717) is 0 Å². The van der Waals surface area contributed by atoms with Crippen LogP contribution < -0.4 is 4.74 Å². The normalized spacial score (nSPS) is 14.7. The van der Waals surface area contributed by atoms with Gasteiger partial charge >= 0.3 is 0 Å². The lowest BCUT2D eigenvalue weighted by atomic mass is 9.53. The summed E-state index contributed by atoms with van der Waals surface area (Å²) < 4.78 is 6.68. The van der Waals surface area contributed by atoms with Crippen molar-refractivity contribution in [3.8, 4) is 45.1 Å². The summed E-state index contributed by atoms with van der Waals surface area (Å²) in [6.45, 7) is 4.70. The molecule has 47 heavy (non-hydrogen) atoms. The van der Waals surface area contributed by atoms with E-state index in [1.165, 1.54) is 27.8 Å². The van der Waals surface area contributed by atoms with Gasteiger partial charge in [-0.2, -0.15) is 0 Å². The SMILES string of the molecule is CC1(C)c2ccccc2C2(c3ccccc3Oc3ccc(-c4ccc(-c5ccc(-c6ccccc6)nn5)cc4)cc32)c2ccccc21. The fourth-order valence-corrected chi connectivity index (χ4v) is 7.88. The minimum absolute atomic E-state index is 0.151. The molecule has 3 heteroatoms. The molecule has 224 valence electrons. The number of benzene rings is 6. The highest BCUT2D eigenvalue weighted by molar-refractivity contribution is 5.79. The van der Waals surface area contributed by atoms with Crippen LogP contribution in [0.5, 0.6) is 11.5 Å². The Morgan fingerprint density at radius 1 is 0.383 bits per heavy atom. The van der Waals surface area contributed by atoms with Crippen LogP contribution in [-0.4, -0.2) is 10.2 Å². The molecule has 9 rings (SSSR count). The third-order valence-corrected chi connectivity index (χ3v) is 10.2. The molecule has 2 aliphatic rings. The fraction of sp³-hybridized carbons (Fsp3) is 0.0909. The summed E-state index contributed by atoms with van der Waals surface area (Å²) in [4.78, 5) is 0. The molecule has 2 heterocycles. The molecule has 1 aromatic heterocycles. The summed E-state index contributed by atoms with van der Waals surface area (Å²) in [5, 5.41) is 9.06. The first-order valence-corrected chi connectivity index (χ1v) is 16.2. The summed E-state index contributed by atoms with van der Waals surface area (Å²) in [5.41, 5.74) is 13.1. The van der Waals surface area contributed by atoms with Gasteiger partial charge in [0.2, 0.25) is 0 Å². The largest absolute Gasteiger partial charge is 0.457 e. The van der Waals surface area contributed by atoms with Gasteiger partial charge in [-0.25, -0.2) is 0 Å². The number of fused-ring (bicyclic) bond motifs is 8. The van der Waals surface area contributed by atoms with E-state index in [1.807, 2.05) is 30.3 Å². The quantitative estimate of drug-likeness (QED) is 0.201. The molecule has 6 aromatic carbocycles. The van der Waals surface area contributed by atoms with E-state index in [4.69, 9.17) is 4.74 Å². The molecule has 0 unspecified atom stereocenters. The van der Waals surface area contributed by atoms with Crippen LogP contribution in [0.15, 0.2) is 158 Å². The van der Waals surface area contributed by atoms with Crippen LogP contribution in [0.3, 0.4) is 0 Å². The van der Waals surface area contributed by atoms with Gasteiger partial charge in [0.15, 0.2) is 0 Å². The average Bonchev–Trinajstić information content (AvgIpc) is 3.14. The molecular weight excluding hydrogens is 572 g/mol. The van der Waals surface area contributed by atoms with Crippen LogP contribution >= 0.6 is 0 Å². The van der Waals surface area contributed by atoms with E-state index in [0.717, 1.165) is 50.7 Å². The standard InChI is InChI=1S/C44H32N2O/c1-43(2)33-14-6-8-16-35(33)44(36-17-9-7-15-34(36)43)37-18-10-11-19-41(37)47-42-27-24-32(28-38(42)44)29-20-22-31(23-21-29)40-26-25-39(45-46-40)30-12-4-3-5-13-30/h3-28H,1-2H3. The molecule has 0 saturated heterocycles. The first-order valence-electron chi connectivity index (χ1n) is 16.2. The van der Waals surface area contributed by atoms with Crippen LogP contribution in [0.4, 0.5) is 0 Å². The van der Waals surface area contributed by atoms with Crippen molar-refractivity contribution in [2.24, 2.45) is 0 Å². The van der Waals surface area contributed by atoms with Crippen LogP contribution in [0, 0.1) is 0 Å². The van der Waals surface area contributed by atoms with Gasteiger partial charge in [-0.05, 0) is 63.7 Å². The molecule has 0 fully saturated rings. The smallest absolute Gasteiger partial charge is 0.132 e. The Balaban J connectivity index is 1.19. The van der Waals surface area contributed by atoms with Crippen LogP contribution in [0.2, 0.25) is 0 Å². The zero-order valence-electron chi connectivity index (χ0n) is 26.3. The van der Waals surface area contributed by atoms with Gasteiger partial charge in [-0.1, -0.05) is 141 Å². The summed E-state index contributed by atoms with van der Waals surface area (Å²) >= 11 is 0. The lowest BCUT2D eigenvalue weighted by Crippen LogP contribution is -2.43. The summed E-state index contributed by atoms with van der Waals surface area (Å²) in [5.74, 6) is 1.79. The third-order valence-electron chi connectivity index (χ3n) is 10.2. The topological polar surface area (TPSA) is 35.0 Å². The summed E-state index contributed by atoms with van der Waals surface area (Å²) in [7, 11) is 0. The number of para-hydroxylation sites is 1. The Morgan fingerprint density at radius 3 is 1.47 bits per heavy atom. The summed E-state index contributed by atoms with van der Waals surface area (Å²) in [6, 6.07) is 56.1. The molecule has 0 atom stereocenters. The lowest BCUT2D eigenvalue weighted by Gasteiger charge is -2.50. The highest BCUT2D eigenvalue weighted by atomic mass is 16.5. The van der Waals surface area contributed by atoms with Crippen LogP contribution in [-0.2, 0) is 10.8 Å². The summed E-state index contributed by atoms with van der Waals surface area (Å²) in [6.07, 6.45) is 0. The predicted molar refractivity (Wildman–Crippen MR) is 189 cm³/mol. The van der Waals surface area contributed by atoms with Crippen molar-refractivity contribution in [2.45, 2.75) is 24.7 Å². The van der Waals surface area contributed by atoms with Crippen molar-refractivity contribution in [3.63, 3.8) is 0 Å². The van der Waals surface area contributed by atoms with E-state index < -0.39 is 5.41 Å². The second kappa shape index (κ2) is 10.4. The Morgan fingerprint density at radius 2 is 0.851 bits per heavy atom. The van der Waals surface area contributed by atoms with Crippen LogP contribution in [0.25, 0.3) is 33.6 Å². The zero-order chi connectivity index (χ0) is 31.6. The minimum atomic E-state index is -0.529. The van der Waals surface area contributed by atoms with E-state index in [9.17, 15) is 0 Å². The van der Waals surface area contributed by atoms with Gasteiger partial charge in [0, 0.05) is 27.7 Å². The van der Waals surface area contributed by atoms with Gasteiger partial charge < -0.3 is 4.74 Å². The first kappa shape index (κ1) is 27.5. The predicted octanol–water partition coefficient (Wildman–Crippen LogP) is 10.6. The van der Waals surface area contributed by atoms with E-state index in [1.54, 1.807) is 0 Å². The molecule has 1 spiro atoms. The highest BCUT2D eigenvalue weighted by Gasteiger charge is 2.52. The second-order valence-electron chi connectivity index (χ2n) is 13.0. The maximum Gasteiger partial charge on any atom is 0.132 e. The molecule has 3 nitrogen and oxygen atoms in total. The molecule has 7 aromatic rings. The van der Waals surface area contributed by atoms with Crippen molar-refractivity contribution >= 4 is 0 Å². The lowest BCUT2D eigenvalue weighted by molar-refractivity contribution is 0.425.